The van der Waals surface area contributed by atoms with Gasteiger partial charge < -0.3 is 15.6 Å². The maximum atomic E-state index is 12.8. The van der Waals surface area contributed by atoms with E-state index >= 15 is 0 Å². The van der Waals surface area contributed by atoms with Gasteiger partial charge in [-0.1, -0.05) is 29.8 Å². The van der Waals surface area contributed by atoms with Crippen molar-refractivity contribution in [2.24, 2.45) is 23.5 Å². The molecule has 6 nitrogen and oxygen atoms in total. The van der Waals surface area contributed by atoms with E-state index in [0.29, 0.717) is 23.6 Å². The highest BCUT2D eigenvalue weighted by Crippen LogP contribution is 2.42. The molecule has 2 bridgehead atoms. The SMILES string of the molecule is CC(NC(=O)C1CC2CCCC(C1)C2N)c1noc(-c2ccccc2)n1. The maximum absolute atomic E-state index is 12.8. The Morgan fingerprint density at radius 1 is 1.23 bits per heavy atom. The largest absolute Gasteiger partial charge is 0.346 e. The van der Waals surface area contributed by atoms with Gasteiger partial charge in [-0.2, -0.15) is 4.98 Å². The van der Waals surface area contributed by atoms with Crippen LogP contribution in [0.15, 0.2) is 34.9 Å². The van der Waals surface area contributed by atoms with E-state index in [1.165, 1.54) is 6.42 Å². The third-order valence-corrected chi connectivity index (χ3v) is 5.99. The molecule has 2 aliphatic rings. The Kier molecular flexibility index (Phi) is 4.76. The van der Waals surface area contributed by atoms with Crippen molar-refractivity contribution in [1.82, 2.24) is 15.5 Å². The normalized spacial score (nSPS) is 29.2. The van der Waals surface area contributed by atoms with Gasteiger partial charge in [0.15, 0.2) is 5.82 Å². The van der Waals surface area contributed by atoms with Gasteiger partial charge in [0.25, 0.3) is 5.89 Å². The molecule has 1 amide bonds. The average Bonchev–Trinajstić information content (AvgIpc) is 3.12. The van der Waals surface area contributed by atoms with Crippen LogP contribution in [0, 0.1) is 17.8 Å². The van der Waals surface area contributed by atoms with Crippen molar-refractivity contribution in [3.05, 3.63) is 36.2 Å². The van der Waals surface area contributed by atoms with E-state index in [9.17, 15) is 4.79 Å². The molecule has 1 heterocycles. The minimum absolute atomic E-state index is 0.0491. The Labute approximate surface area is 153 Å². The van der Waals surface area contributed by atoms with E-state index in [4.69, 9.17) is 10.3 Å². The summed E-state index contributed by atoms with van der Waals surface area (Å²) in [4.78, 5) is 17.2. The van der Waals surface area contributed by atoms with Gasteiger partial charge >= 0.3 is 0 Å². The summed E-state index contributed by atoms with van der Waals surface area (Å²) in [5.41, 5.74) is 7.21. The van der Waals surface area contributed by atoms with Crippen LogP contribution in [0.25, 0.3) is 11.5 Å². The van der Waals surface area contributed by atoms with E-state index < -0.39 is 0 Å². The summed E-state index contributed by atoms with van der Waals surface area (Å²) < 4.78 is 5.34. The molecule has 2 aliphatic carbocycles. The highest BCUT2D eigenvalue weighted by atomic mass is 16.5. The van der Waals surface area contributed by atoms with Crippen molar-refractivity contribution in [3.63, 3.8) is 0 Å². The first-order chi connectivity index (χ1) is 12.6. The molecular weight excluding hydrogens is 328 g/mol. The number of aromatic nitrogens is 2. The number of benzene rings is 1. The summed E-state index contributed by atoms with van der Waals surface area (Å²) in [6.07, 6.45) is 5.36. The minimum atomic E-state index is -0.279. The molecule has 26 heavy (non-hydrogen) atoms. The first-order valence-corrected chi connectivity index (χ1v) is 9.57. The maximum Gasteiger partial charge on any atom is 0.257 e. The fourth-order valence-corrected chi connectivity index (χ4v) is 4.51. The molecule has 0 spiro atoms. The molecule has 1 aromatic carbocycles. The number of hydrogen-bond donors (Lipinski definition) is 2. The molecule has 4 rings (SSSR count). The van der Waals surface area contributed by atoms with Crippen molar-refractivity contribution in [2.45, 2.75) is 51.1 Å². The van der Waals surface area contributed by atoms with Gasteiger partial charge in [0.1, 0.15) is 0 Å². The summed E-state index contributed by atoms with van der Waals surface area (Å²) in [7, 11) is 0. The summed E-state index contributed by atoms with van der Waals surface area (Å²) in [5, 5.41) is 7.11. The first kappa shape index (κ1) is 17.2. The zero-order valence-electron chi connectivity index (χ0n) is 15.1. The van der Waals surface area contributed by atoms with Crippen LogP contribution in [-0.2, 0) is 4.79 Å². The number of fused-ring (bicyclic) bond motifs is 2. The number of nitrogens with two attached hydrogens (primary N) is 1. The van der Waals surface area contributed by atoms with Crippen LogP contribution in [0.5, 0.6) is 0 Å². The second-order valence-electron chi connectivity index (χ2n) is 7.75. The lowest BCUT2D eigenvalue weighted by molar-refractivity contribution is -0.128. The molecular formula is C20H26N4O2. The number of hydrogen-bond acceptors (Lipinski definition) is 5. The standard InChI is InChI=1S/C20H26N4O2/c1-12(18-23-20(26-24-18)13-6-3-2-4-7-13)22-19(25)16-10-14-8-5-9-15(11-16)17(14)21/h2-4,6-7,12,14-17H,5,8-11,21H2,1H3,(H,22,25). The lowest BCUT2D eigenvalue weighted by Crippen LogP contribution is -2.49. The number of carbonyl (C=O) groups is 1. The zero-order chi connectivity index (χ0) is 18.1. The molecule has 0 saturated heterocycles. The molecule has 138 valence electrons. The van der Waals surface area contributed by atoms with Crippen molar-refractivity contribution >= 4 is 5.91 Å². The molecule has 3 atom stereocenters. The van der Waals surface area contributed by atoms with E-state index in [0.717, 1.165) is 31.2 Å². The smallest absolute Gasteiger partial charge is 0.257 e. The van der Waals surface area contributed by atoms with Gasteiger partial charge in [-0.15, -0.1) is 0 Å². The fraction of sp³-hybridized carbons (Fsp3) is 0.550. The zero-order valence-corrected chi connectivity index (χ0v) is 15.1. The molecule has 3 N–H and O–H groups in total. The molecule has 2 fully saturated rings. The highest BCUT2D eigenvalue weighted by molar-refractivity contribution is 5.79. The van der Waals surface area contributed by atoms with Crippen molar-refractivity contribution in [3.8, 4) is 11.5 Å². The molecule has 1 aromatic heterocycles. The second kappa shape index (κ2) is 7.19. The molecule has 0 radical (unpaired) electrons. The lowest BCUT2D eigenvalue weighted by atomic mass is 9.65. The van der Waals surface area contributed by atoms with Crippen LogP contribution in [-0.4, -0.2) is 22.1 Å². The van der Waals surface area contributed by atoms with Crippen LogP contribution in [0.4, 0.5) is 0 Å². The van der Waals surface area contributed by atoms with Gasteiger partial charge in [0.2, 0.25) is 5.91 Å². The Bertz CT molecular complexity index is 746. The quantitative estimate of drug-likeness (QED) is 0.880. The summed E-state index contributed by atoms with van der Waals surface area (Å²) in [6.45, 7) is 1.90. The molecule has 0 aliphatic heterocycles. The van der Waals surface area contributed by atoms with Crippen molar-refractivity contribution in [1.29, 1.82) is 0 Å². The summed E-state index contributed by atoms with van der Waals surface area (Å²) >= 11 is 0. The van der Waals surface area contributed by atoms with Gasteiger partial charge in [-0.25, -0.2) is 0 Å². The van der Waals surface area contributed by atoms with E-state index in [-0.39, 0.29) is 23.9 Å². The van der Waals surface area contributed by atoms with Crippen molar-refractivity contribution < 1.29 is 9.32 Å². The summed E-state index contributed by atoms with van der Waals surface area (Å²) in [6, 6.07) is 9.63. The van der Waals surface area contributed by atoms with E-state index in [1.54, 1.807) is 0 Å². The third kappa shape index (κ3) is 3.38. The lowest BCUT2D eigenvalue weighted by Gasteiger charge is -2.43. The molecule has 2 aromatic rings. The predicted molar refractivity (Wildman–Crippen MR) is 97.8 cm³/mol. The minimum Gasteiger partial charge on any atom is -0.346 e. The van der Waals surface area contributed by atoms with Crippen molar-refractivity contribution in [2.75, 3.05) is 0 Å². The number of rotatable bonds is 4. The Morgan fingerprint density at radius 2 is 1.92 bits per heavy atom. The Hall–Kier alpha value is -2.21. The average molecular weight is 354 g/mol. The predicted octanol–water partition coefficient (Wildman–Crippen LogP) is 3.07. The van der Waals surface area contributed by atoms with Crippen LogP contribution in [0.2, 0.25) is 0 Å². The first-order valence-electron chi connectivity index (χ1n) is 9.57. The Balaban J connectivity index is 1.40. The topological polar surface area (TPSA) is 94.0 Å². The number of nitrogens with zero attached hydrogens (tertiary/aromatic N) is 2. The van der Waals surface area contributed by atoms with Crippen LogP contribution < -0.4 is 11.1 Å². The number of nitrogens with one attached hydrogen (secondary N) is 1. The molecule has 2 saturated carbocycles. The van der Waals surface area contributed by atoms with E-state index in [1.807, 2.05) is 37.3 Å². The van der Waals surface area contributed by atoms with Crippen LogP contribution in [0.1, 0.15) is 50.9 Å². The third-order valence-electron chi connectivity index (χ3n) is 5.99. The Morgan fingerprint density at radius 3 is 2.62 bits per heavy atom. The van der Waals surface area contributed by atoms with Crippen LogP contribution in [0.3, 0.4) is 0 Å². The number of amides is 1. The summed E-state index contributed by atoms with van der Waals surface area (Å²) in [5.74, 6) is 2.09. The highest BCUT2D eigenvalue weighted by Gasteiger charge is 2.40. The van der Waals surface area contributed by atoms with Gasteiger partial charge in [-0.05, 0) is 56.6 Å². The van der Waals surface area contributed by atoms with E-state index in [2.05, 4.69) is 15.5 Å². The molecule has 3 unspecified atom stereocenters. The fourth-order valence-electron chi connectivity index (χ4n) is 4.51. The van der Waals surface area contributed by atoms with Gasteiger partial charge in [0.05, 0.1) is 6.04 Å². The van der Waals surface area contributed by atoms with Gasteiger partial charge in [-0.3, -0.25) is 4.79 Å². The van der Waals surface area contributed by atoms with Crippen LogP contribution >= 0.6 is 0 Å². The molecule has 6 heteroatoms. The second-order valence-corrected chi connectivity index (χ2v) is 7.75. The van der Waals surface area contributed by atoms with Gasteiger partial charge in [0, 0.05) is 17.5 Å². The number of carbonyl (C=O) groups excluding carboxylic acids is 1. The monoisotopic (exact) mass is 354 g/mol.